The first kappa shape index (κ1) is 21.7. The summed E-state index contributed by atoms with van der Waals surface area (Å²) in [4.78, 5) is 10.1. The van der Waals surface area contributed by atoms with Crippen LogP contribution >= 0.6 is 23.2 Å². The van der Waals surface area contributed by atoms with E-state index in [0.717, 1.165) is 12.1 Å². The topological polar surface area (TPSA) is 146 Å². The number of rotatable bonds is 6. The average Bonchev–Trinajstić information content (AvgIpc) is 2.95. The first-order valence-electron chi connectivity index (χ1n) is 8.20. The fraction of sp³-hybridized carbons (Fsp3) is 0.0588. The molecule has 0 radical (unpaired) electrons. The molecule has 0 aliphatic heterocycles. The smallest absolute Gasteiger partial charge is 0.272 e. The first-order chi connectivity index (χ1) is 14.1. The Labute approximate surface area is 181 Å². The van der Waals surface area contributed by atoms with Crippen LogP contribution in [0.15, 0.2) is 52.5 Å². The van der Waals surface area contributed by atoms with Crippen LogP contribution in [0.2, 0.25) is 10.2 Å². The molecule has 0 unspecified atom stereocenters. The van der Waals surface area contributed by atoms with Crippen LogP contribution in [0.1, 0.15) is 11.3 Å². The van der Waals surface area contributed by atoms with E-state index in [4.69, 9.17) is 28.3 Å². The zero-order valence-electron chi connectivity index (χ0n) is 15.3. The number of nitro groups is 1. The van der Waals surface area contributed by atoms with E-state index in [2.05, 4.69) is 15.6 Å². The predicted octanol–water partition coefficient (Wildman–Crippen LogP) is 3.49. The minimum Gasteiger partial charge on any atom is -0.272 e. The molecule has 0 amide bonds. The molecule has 1 heterocycles. The van der Waals surface area contributed by atoms with E-state index in [1.165, 1.54) is 17.0 Å². The van der Waals surface area contributed by atoms with Crippen molar-refractivity contribution in [3.63, 3.8) is 0 Å². The molecule has 0 fully saturated rings. The monoisotopic (exact) mass is 468 g/mol. The van der Waals surface area contributed by atoms with Crippen molar-refractivity contribution in [2.75, 3.05) is 5.43 Å². The highest BCUT2D eigenvalue weighted by Gasteiger charge is 2.19. The zero-order valence-corrected chi connectivity index (χ0v) is 17.6. The minimum atomic E-state index is -4.09. The van der Waals surface area contributed by atoms with Gasteiger partial charge in [0.25, 0.3) is 5.69 Å². The lowest BCUT2D eigenvalue weighted by Crippen LogP contribution is -2.12. The van der Waals surface area contributed by atoms with E-state index in [1.54, 1.807) is 31.2 Å². The Morgan fingerprint density at radius 2 is 1.97 bits per heavy atom. The number of anilines is 1. The van der Waals surface area contributed by atoms with Crippen LogP contribution in [0.3, 0.4) is 0 Å². The number of hydrogen-bond acceptors (Lipinski definition) is 7. The van der Waals surface area contributed by atoms with Crippen molar-refractivity contribution in [1.82, 2.24) is 9.78 Å². The van der Waals surface area contributed by atoms with Gasteiger partial charge in [0, 0.05) is 6.07 Å². The third-order valence-corrected chi connectivity index (χ3v) is 5.60. The lowest BCUT2D eigenvalue weighted by Gasteiger charge is -2.05. The van der Waals surface area contributed by atoms with Crippen molar-refractivity contribution in [2.24, 2.45) is 10.2 Å². The lowest BCUT2D eigenvalue weighted by molar-refractivity contribution is -0.384. The number of nitrogens with one attached hydrogen (secondary N) is 1. The molecule has 156 valence electrons. The zero-order chi connectivity index (χ0) is 22.1. The second kappa shape index (κ2) is 8.40. The molecule has 0 atom stereocenters. The highest BCUT2D eigenvalue weighted by Crippen LogP contribution is 2.28. The van der Waals surface area contributed by atoms with Crippen LogP contribution < -0.4 is 10.6 Å². The van der Waals surface area contributed by atoms with E-state index in [-0.39, 0.29) is 15.7 Å². The number of hydrogen-bond donors (Lipinski definition) is 2. The number of halogens is 2. The Kier molecular flexibility index (Phi) is 6.08. The fourth-order valence-electron chi connectivity index (χ4n) is 2.54. The summed E-state index contributed by atoms with van der Waals surface area (Å²) in [6.07, 6.45) is 1.34. The number of nitro benzene ring substituents is 1. The Morgan fingerprint density at radius 3 is 2.60 bits per heavy atom. The van der Waals surface area contributed by atoms with Crippen molar-refractivity contribution in [2.45, 2.75) is 11.8 Å². The summed E-state index contributed by atoms with van der Waals surface area (Å²) < 4.78 is 24.3. The molecular weight excluding hydrogens is 455 g/mol. The molecule has 3 N–H and O–H groups in total. The molecule has 0 spiro atoms. The van der Waals surface area contributed by atoms with Crippen LogP contribution in [-0.4, -0.2) is 29.3 Å². The summed E-state index contributed by atoms with van der Waals surface area (Å²) >= 11 is 12.6. The second-order valence-electron chi connectivity index (χ2n) is 6.00. The van der Waals surface area contributed by atoms with E-state index in [9.17, 15) is 18.5 Å². The Hall–Kier alpha value is -2.99. The maximum absolute atomic E-state index is 11.4. The van der Waals surface area contributed by atoms with Crippen molar-refractivity contribution < 1.29 is 13.3 Å². The normalized spacial score (nSPS) is 11.7. The van der Waals surface area contributed by atoms with Crippen LogP contribution in [0.25, 0.3) is 5.69 Å². The van der Waals surface area contributed by atoms with Gasteiger partial charge in [0.05, 0.1) is 38.0 Å². The third kappa shape index (κ3) is 4.44. The highest BCUT2D eigenvalue weighted by atomic mass is 35.5. The standard InChI is InChI=1S/C17H14Cl2N6O4S/c1-10-12(17(19)24(23-10)15-5-3-2-4-13(15)18)9-21-22-14-7-6-11(30(20,28)29)8-16(14)25(26)27/h2-9,22H,1H3,(H2,20,28,29)/b21-9+. The van der Waals surface area contributed by atoms with Crippen LogP contribution in [-0.2, 0) is 10.0 Å². The van der Waals surface area contributed by atoms with Gasteiger partial charge < -0.3 is 0 Å². The van der Waals surface area contributed by atoms with E-state index >= 15 is 0 Å². The maximum Gasteiger partial charge on any atom is 0.295 e. The van der Waals surface area contributed by atoms with Crippen molar-refractivity contribution in [3.05, 3.63) is 74.0 Å². The molecule has 10 nitrogen and oxygen atoms in total. The van der Waals surface area contributed by atoms with Gasteiger partial charge in [0.15, 0.2) is 0 Å². The molecule has 3 rings (SSSR count). The molecule has 0 bridgehead atoms. The van der Waals surface area contributed by atoms with Crippen molar-refractivity contribution in [3.8, 4) is 5.69 Å². The van der Waals surface area contributed by atoms with E-state index in [1.807, 2.05) is 0 Å². The van der Waals surface area contributed by atoms with Gasteiger partial charge in [-0.15, -0.1) is 0 Å². The number of nitrogens with two attached hydrogens (primary N) is 1. The van der Waals surface area contributed by atoms with Gasteiger partial charge in [-0.3, -0.25) is 15.5 Å². The number of nitrogens with zero attached hydrogens (tertiary/aromatic N) is 4. The number of aryl methyl sites for hydroxylation is 1. The fourth-order valence-corrected chi connectivity index (χ4v) is 3.61. The second-order valence-corrected chi connectivity index (χ2v) is 8.33. The number of benzene rings is 2. The van der Waals surface area contributed by atoms with Gasteiger partial charge in [-0.1, -0.05) is 35.3 Å². The molecule has 1 aromatic heterocycles. The molecular formula is C17H14Cl2N6O4S. The molecule has 2 aromatic carbocycles. The summed E-state index contributed by atoms with van der Waals surface area (Å²) in [6.45, 7) is 1.71. The molecule has 0 aliphatic carbocycles. The van der Waals surface area contributed by atoms with Crippen LogP contribution in [0.4, 0.5) is 11.4 Å². The average molecular weight is 469 g/mol. The lowest BCUT2D eigenvalue weighted by atomic mass is 10.3. The highest BCUT2D eigenvalue weighted by molar-refractivity contribution is 7.89. The maximum atomic E-state index is 11.4. The van der Waals surface area contributed by atoms with Gasteiger partial charge in [-0.05, 0) is 31.2 Å². The minimum absolute atomic E-state index is 0.0316. The van der Waals surface area contributed by atoms with Crippen molar-refractivity contribution in [1.29, 1.82) is 0 Å². The summed E-state index contributed by atoms with van der Waals surface area (Å²) in [5, 5.41) is 25.3. The Bertz CT molecular complexity index is 1270. The van der Waals surface area contributed by atoms with Gasteiger partial charge in [0.1, 0.15) is 10.8 Å². The molecule has 13 heteroatoms. The van der Waals surface area contributed by atoms with Crippen LogP contribution in [0, 0.1) is 17.0 Å². The molecule has 0 saturated carbocycles. The number of primary sulfonamides is 1. The summed E-state index contributed by atoms with van der Waals surface area (Å²) in [6, 6.07) is 10.2. The summed E-state index contributed by atoms with van der Waals surface area (Å²) in [7, 11) is -4.09. The molecule has 30 heavy (non-hydrogen) atoms. The van der Waals surface area contributed by atoms with E-state index in [0.29, 0.717) is 22.0 Å². The summed E-state index contributed by atoms with van der Waals surface area (Å²) in [5.74, 6) is 0. The van der Waals surface area contributed by atoms with Crippen molar-refractivity contribution >= 4 is 50.8 Å². The number of hydrazone groups is 1. The first-order valence-corrected chi connectivity index (χ1v) is 10.5. The summed E-state index contributed by atoms with van der Waals surface area (Å²) in [5.41, 5.74) is 3.56. The van der Waals surface area contributed by atoms with Gasteiger partial charge in [-0.25, -0.2) is 18.2 Å². The van der Waals surface area contributed by atoms with Gasteiger partial charge >= 0.3 is 0 Å². The van der Waals surface area contributed by atoms with Crippen LogP contribution in [0.5, 0.6) is 0 Å². The molecule has 3 aromatic rings. The SMILES string of the molecule is Cc1nn(-c2ccccc2Cl)c(Cl)c1/C=N/Nc1ccc(S(N)(=O)=O)cc1[N+](=O)[O-]. The van der Waals surface area contributed by atoms with E-state index < -0.39 is 20.6 Å². The Morgan fingerprint density at radius 1 is 1.27 bits per heavy atom. The quantitative estimate of drug-likeness (QED) is 0.321. The Balaban J connectivity index is 1.91. The number of aromatic nitrogens is 2. The largest absolute Gasteiger partial charge is 0.295 e. The molecule has 0 saturated heterocycles. The van der Waals surface area contributed by atoms with Gasteiger partial charge in [0.2, 0.25) is 10.0 Å². The number of para-hydroxylation sites is 1. The third-order valence-electron chi connectivity index (χ3n) is 4.00. The predicted molar refractivity (Wildman–Crippen MR) is 114 cm³/mol. The molecule has 0 aliphatic rings. The number of sulfonamides is 1. The van der Waals surface area contributed by atoms with Gasteiger partial charge in [-0.2, -0.15) is 10.2 Å².